The van der Waals surface area contributed by atoms with Crippen molar-refractivity contribution in [3.05, 3.63) is 296 Å². The average Bonchev–Trinajstić information content (AvgIpc) is 4.29. The largest absolute Gasteiger partial charge is 0.309 e. The van der Waals surface area contributed by atoms with Gasteiger partial charge in [0.1, 0.15) is 0 Å². The molecule has 0 amide bonds. The SMILES string of the molecule is c1ccc2c(c1)c1ccccc1n2-c1ccc(CC(Cc2ccc(-n3c4ccccc4c4cnccc43)cc2)(Cc2ccc(-n3c4ccccc4c4ncccc43)cc2)Cc2ccc(-n3c4ccccc4c4ncccc43)cc2)cc1. The summed E-state index contributed by atoms with van der Waals surface area (Å²) in [6, 6.07) is 91.5. The van der Waals surface area contributed by atoms with Crippen LogP contribution in [0.1, 0.15) is 22.3 Å². The second-order valence-corrected chi connectivity index (χ2v) is 21.9. The third kappa shape index (κ3) is 7.83. The van der Waals surface area contributed by atoms with Gasteiger partial charge in [0, 0.05) is 79.9 Å². The van der Waals surface area contributed by atoms with Crippen molar-refractivity contribution in [1.29, 1.82) is 0 Å². The lowest BCUT2D eigenvalue weighted by Crippen LogP contribution is -2.32. The lowest BCUT2D eigenvalue weighted by atomic mass is 9.68. The number of pyridine rings is 3. The van der Waals surface area contributed by atoms with Gasteiger partial charge in [-0.3, -0.25) is 15.0 Å². The Morgan fingerprint density at radius 3 is 0.901 bits per heavy atom. The second kappa shape index (κ2) is 18.9. The highest BCUT2D eigenvalue weighted by Gasteiger charge is 2.33. The molecule has 0 aliphatic carbocycles. The van der Waals surface area contributed by atoms with E-state index in [0.29, 0.717) is 0 Å². The van der Waals surface area contributed by atoms with Gasteiger partial charge in [-0.05, 0) is 163 Å². The molecular weight excluding hydrogens is 987 g/mol. The molecule has 7 heterocycles. The summed E-state index contributed by atoms with van der Waals surface area (Å²) in [5, 5.41) is 7.19. The van der Waals surface area contributed by atoms with E-state index in [1.54, 1.807) is 0 Å². The van der Waals surface area contributed by atoms with Gasteiger partial charge in [-0.1, -0.05) is 140 Å². The van der Waals surface area contributed by atoms with Crippen molar-refractivity contribution in [3.8, 4) is 22.7 Å². The van der Waals surface area contributed by atoms with Crippen LogP contribution in [-0.2, 0) is 25.7 Å². The van der Waals surface area contributed by atoms with Crippen molar-refractivity contribution in [1.82, 2.24) is 33.2 Å². The van der Waals surface area contributed by atoms with E-state index in [-0.39, 0.29) is 5.41 Å². The molecule has 16 aromatic rings. The van der Waals surface area contributed by atoms with Crippen LogP contribution >= 0.6 is 0 Å². The molecule has 81 heavy (non-hydrogen) atoms. The molecule has 0 fully saturated rings. The third-order valence-electron chi connectivity index (χ3n) is 17.0. The normalized spacial score (nSPS) is 12.1. The molecule has 0 atom stereocenters. The van der Waals surface area contributed by atoms with E-state index in [2.05, 4.69) is 260 Å². The maximum absolute atomic E-state index is 4.85. The minimum Gasteiger partial charge on any atom is -0.309 e. The van der Waals surface area contributed by atoms with Crippen LogP contribution in [-0.4, -0.2) is 33.2 Å². The summed E-state index contributed by atoms with van der Waals surface area (Å²) in [6.45, 7) is 0. The first-order chi connectivity index (χ1) is 40.1. The van der Waals surface area contributed by atoms with Gasteiger partial charge in [-0.25, -0.2) is 0 Å². The topological polar surface area (TPSA) is 58.4 Å². The summed E-state index contributed by atoms with van der Waals surface area (Å²) in [6.07, 6.45) is 11.1. The van der Waals surface area contributed by atoms with Gasteiger partial charge in [-0.15, -0.1) is 0 Å². The number of fused-ring (bicyclic) bond motifs is 12. The summed E-state index contributed by atoms with van der Waals surface area (Å²) < 4.78 is 9.51. The number of para-hydroxylation sites is 5. The van der Waals surface area contributed by atoms with Crippen molar-refractivity contribution in [2.75, 3.05) is 0 Å². The smallest absolute Gasteiger partial charge is 0.0963 e. The first kappa shape index (κ1) is 46.7. The minimum atomic E-state index is -0.273. The van der Waals surface area contributed by atoms with Gasteiger partial charge in [-0.2, -0.15) is 0 Å². The molecule has 7 heteroatoms. The van der Waals surface area contributed by atoms with Crippen molar-refractivity contribution in [2.45, 2.75) is 25.7 Å². The van der Waals surface area contributed by atoms with Crippen molar-refractivity contribution in [2.24, 2.45) is 5.41 Å². The van der Waals surface area contributed by atoms with Gasteiger partial charge in [0.2, 0.25) is 0 Å². The molecule has 0 N–H and O–H groups in total. The first-order valence-corrected chi connectivity index (χ1v) is 28.0. The quantitative estimate of drug-likeness (QED) is 0.122. The number of hydrogen-bond donors (Lipinski definition) is 0. The monoisotopic (exact) mass is 1040 g/mol. The first-order valence-electron chi connectivity index (χ1n) is 28.0. The average molecular weight is 1040 g/mol. The molecule has 0 spiro atoms. The van der Waals surface area contributed by atoms with Crippen LogP contribution in [0, 0.1) is 5.41 Å². The van der Waals surface area contributed by atoms with Crippen LogP contribution in [0.2, 0.25) is 0 Å². The van der Waals surface area contributed by atoms with Gasteiger partial charge in [0.15, 0.2) is 0 Å². The van der Waals surface area contributed by atoms with Gasteiger partial charge < -0.3 is 18.3 Å². The molecule has 0 aliphatic rings. The second-order valence-electron chi connectivity index (χ2n) is 21.9. The molecule has 7 aromatic heterocycles. The fourth-order valence-corrected chi connectivity index (χ4v) is 13.6. The molecule has 0 bridgehead atoms. The molecule has 7 nitrogen and oxygen atoms in total. The maximum atomic E-state index is 4.85. The van der Waals surface area contributed by atoms with Crippen LogP contribution in [0.5, 0.6) is 0 Å². The number of rotatable bonds is 12. The van der Waals surface area contributed by atoms with Crippen molar-refractivity contribution >= 4 is 87.5 Å². The Labute approximate surface area is 467 Å². The summed E-state index contributed by atoms with van der Waals surface area (Å²) in [4.78, 5) is 14.2. The molecule has 0 saturated heterocycles. The fraction of sp³-hybridized carbons (Fsp3) is 0.0676. The molecule has 0 aliphatic heterocycles. The van der Waals surface area contributed by atoms with Crippen LogP contribution in [0.3, 0.4) is 0 Å². The van der Waals surface area contributed by atoms with E-state index < -0.39 is 0 Å². The molecule has 0 radical (unpaired) electrons. The summed E-state index contributed by atoms with van der Waals surface area (Å²) in [5.74, 6) is 0. The molecule has 384 valence electrons. The van der Waals surface area contributed by atoms with E-state index in [4.69, 9.17) is 9.97 Å². The van der Waals surface area contributed by atoms with Gasteiger partial charge >= 0.3 is 0 Å². The van der Waals surface area contributed by atoms with E-state index >= 15 is 0 Å². The highest BCUT2D eigenvalue weighted by molar-refractivity contribution is 6.11. The lowest BCUT2D eigenvalue weighted by Gasteiger charge is -2.36. The number of hydrogen-bond acceptors (Lipinski definition) is 3. The van der Waals surface area contributed by atoms with Crippen LogP contribution < -0.4 is 0 Å². The van der Waals surface area contributed by atoms with Gasteiger partial charge in [0.25, 0.3) is 0 Å². The summed E-state index contributed by atoms with van der Waals surface area (Å²) >= 11 is 0. The Morgan fingerprint density at radius 1 is 0.247 bits per heavy atom. The van der Waals surface area contributed by atoms with Gasteiger partial charge in [0.05, 0.1) is 55.2 Å². The Balaban J connectivity index is 0.834. The van der Waals surface area contributed by atoms with Crippen LogP contribution in [0.4, 0.5) is 0 Å². The standard InChI is InChI=1S/C74H53N7/c1-6-18-64-58(13-1)59-14-2-7-19-65(59)78(64)54-33-25-50(26-34-54)45-74(46-51-27-35-55(36-28-51)79-66-20-8-3-15-60(66)63-49-75-44-41-69(63)79,47-52-29-37-56(38-30-52)80-67-21-9-4-16-61(67)72-70(80)23-11-42-76-72)48-53-31-39-57(40-32-53)81-68-22-10-5-17-62(68)73-71(81)24-12-43-77-73/h1-44,49H,45-48H2. The summed E-state index contributed by atoms with van der Waals surface area (Å²) in [7, 11) is 0. The molecule has 16 rings (SSSR count). The van der Waals surface area contributed by atoms with E-state index in [9.17, 15) is 0 Å². The number of benzene rings is 9. The highest BCUT2D eigenvalue weighted by atomic mass is 15.0. The number of nitrogens with zero attached hydrogens (tertiary/aromatic N) is 7. The molecule has 0 unspecified atom stereocenters. The zero-order chi connectivity index (χ0) is 53.4. The highest BCUT2D eigenvalue weighted by Crippen LogP contribution is 2.41. The zero-order valence-corrected chi connectivity index (χ0v) is 44.4. The van der Waals surface area contributed by atoms with E-state index in [1.807, 2.05) is 36.9 Å². The summed E-state index contributed by atoms with van der Waals surface area (Å²) in [5.41, 5.74) is 20.7. The molecular formula is C74H53N7. The van der Waals surface area contributed by atoms with Crippen LogP contribution in [0.15, 0.2) is 274 Å². The van der Waals surface area contributed by atoms with Crippen molar-refractivity contribution in [3.63, 3.8) is 0 Å². The fourth-order valence-electron chi connectivity index (χ4n) is 13.6. The Kier molecular flexibility index (Phi) is 10.9. The predicted molar refractivity (Wildman–Crippen MR) is 334 cm³/mol. The van der Waals surface area contributed by atoms with E-state index in [0.717, 1.165) is 103 Å². The Morgan fingerprint density at radius 2 is 0.531 bits per heavy atom. The Hall–Kier alpha value is -10.4. The molecule has 9 aromatic carbocycles. The molecule has 0 saturated carbocycles. The van der Waals surface area contributed by atoms with Crippen molar-refractivity contribution < 1.29 is 0 Å². The lowest BCUT2D eigenvalue weighted by molar-refractivity contribution is 0.275. The Bertz CT molecular complexity index is 4180. The minimum absolute atomic E-state index is 0.273. The predicted octanol–water partition coefficient (Wildman–Crippen LogP) is 17.5. The third-order valence-corrected chi connectivity index (χ3v) is 17.0. The number of aromatic nitrogens is 7. The zero-order valence-electron chi connectivity index (χ0n) is 44.4. The maximum Gasteiger partial charge on any atom is 0.0963 e. The van der Waals surface area contributed by atoms with E-state index in [1.165, 1.54) is 55.0 Å². The van der Waals surface area contributed by atoms with Crippen LogP contribution in [0.25, 0.3) is 110 Å².